The van der Waals surface area contributed by atoms with Crippen molar-refractivity contribution in [1.29, 1.82) is 0 Å². The van der Waals surface area contributed by atoms with Crippen molar-refractivity contribution < 1.29 is 29.0 Å². The minimum atomic E-state index is -1.21. The first-order valence-electron chi connectivity index (χ1n) is 11.7. The summed E-state index contributed by atoms with van der Waals surface area (Å²) in [7, 11) is 0. The van der Waals surface area contributed by atoms with Crippen LogP contribution in [0.1, 0.15) is 36.0 Å². The molecule has 2 amide bonds. The number of carboxylic acids is 1. The highest BCUT2D eigenvalue weighted by atomic mass is 35.5. The normalized spacial score (nSPS) is 10.6. The molecular formula is C27H24Cl4N2O6. The Bertz CT molecular complexity index is 1260. The number of benzene rings is 3. The highest BCUT2D eigenvalue weighted by Gasteiger charge is 2.12. The molecule has 0 heterocycles. The van der Waals surface area contributed by atoms with Gasteiger partial charge < -0.3 is 25.2 Å². The van der Waals surface area contributed by atoms with Crippen LogP contribution in [0.5, 0.6) is 11.5 Å². The molecule has 206 valence electrons. The van der Waals surface area contributed by atoms with Crippen molar-refractivity contribution in [3.63, 3.8) is 0 Å². The molecule has 3 aromatic carbocycles. The first-order valence-corrected chi connectivity index (χ1v) is 13.3. The van der Waals surface area contributed by atoms with Crippen molar-refractivity contribution in [3.05, 3.63) is 80.3 Å². The average molecular weight is 614 g/mol. The number of aromatic carboxylic acids is 1. The second-order valence-electron chi connectivity index (χ2n) is 8.25. The highest BCUT2D eigenvalue weighted by molar-refractivity contribution is 6.36. The molecule has 3 N–H and O–H groups in total. The number of carbonyl (C=O) groups excluding carboxylic acids is 2. The Kier molecular flexibility index (Phi) is 11.6. The van der Waals surface area contributed by atoms with Crippen LogP contribution in [-0.4, -0.2) is 36.1 Å². The van der Waals surface area contributed by atoms with Crippen LogP contribution in [0.25, 0.3) is 0 Å². The molecule has 0 saturated heterocycles. The van der Waals surface area contributed by atoms with Gasteiger partial charge in [-0.05, 0) is 67.4 Å². The molecule has 0 aliphatic carbocycles. The number of amides is 2. The Morgan fingerprint density at radius 1 is 0.667 bits per heavy atom. The van der Waals surface area contributed by atoms with Crippen LogP contribution in [-0.2, 0) is 9.59 Å². The van der Waals surface area contributed by atoms with Gasteiger partial charge in [0, 0.05) is 34.3 Å². The van der Waals surface area contributed by atoms with Gasteiger partial charge in [-0.15, -0.1) is 0 Å². The van der Waals surface area contributed by atoms with Crippen LogP contribution >= 0.6 is 46.4 Å². The monoisotopic (exact) mass is 612 g/mol. The fourth-order valence-electron chi connectivity index (χ4n) is 3.36. The van der Waals surface area contributed by atoms with E-state index in [1.165, 1.54) is 18.2 Å². The summed E-state index contributed by atoms with van der Waals surface area (Å²) in [4.78, 5) is 36.4. The van der Waals surface area contributed by atoms with Gasteiger partial charge in [0.15, 0.2) is 0 Å². The lowest BCUT2D eigenvalue weighted by atomic mass is 10.1. The molecule has 0 fully saturated rings. The van der Waals surface area contributed by atoms with E-state index in [4.69, 9.17) is 55.9 Å². The summed E-state index contributed by atoms with van der Waals surface area (Å²) in [6.07, 6.45) is 0.996. The molecule has 0 aliphatic rings. The molecular weight excluding hydrogens is 590 g/mol. The van der Waals surface area contributed by atoms with Gasteiger partial charge >= 0.3 is 5.97 Å². The van der Waals surface area contributed by atoms with Gasteiger partial charge in [-0.2, -0.15) is 0 Å². The van der Waals surface area contributed by atoms with Crippen molar-refractivity contribution in [1.82, 2.24) is 0 Å². The van der Waals surface area contributed by atoms with E-state index in [-0.39, 0.29) is 54.8 Å². The van der Waals surface area contributed by atoms with Gasteiger partial charge in [-0.3, -0.25) is 9.59 Å². The molecule has 3 aromatic rings. The van der Waals surface area contributed by atoms with Gasteiger partial charge in [0.2, 0.25) is 11.8 Å². The minimum absolute atomic E-state index is 0.0930. The smallest absolute Gasteiger partial charge is 0.335 e. The van der Waals surface area contributed by atoms with E-state index in [9.17, 15) is 19.5 Å². The zero-order valence-electron chi connectivity index (χ0n) is 20.4. The van der Waals surface area contributed by atoms with Crippen LogP contribution in [0.4, 0.5) is 11.4 Å². The number of halogens is 4. The maximum Gasteiger partial charge on any atom is 0.335 e. The number of anilines is 2. The molecule has 0 aromatic heterocycles. The van der Waals surface area contributed by atoms with E-state index in [1.54, 1.807) is 36.4 Å². The fraction of sp³-hybridized carbons (Fsp3) is 0.222. The van der Waals surface area contributed by atoms with Gasteiger partial charge in [0.05, 0.1) is 28.8 Å². The van der Waals surface area contributed by atoms with E-state index in [1.807, 2.05) is 0 Å². The minimum Gasteiger partial charge on any atom is -0.492 e. The summed E-state index contributed by atoms with van der Waals surface area (Å²) in [5, 5.41) is 16.5. The number of carbonyl (C=O) groups is 3. The molecule has 0 aliphatic heterocycles. The third-order valence-corrected chi connectivity index (χ3v) is 6.21. The van der Waals surface area contributed by atoms with E-state index in [0.717, 1.165) is 0 Å². The SMILES string of the molecule is O=C(CCCOc1ccc(Cl)cc1Cl)Nc1cc(NC(=O)CCCOc2ccc(Cl)cc2Cl)cc(C(=O)O)c1. The average Bonchev–Trinajstić information content (AvgIpc) is 2.86. The van der Waals surface area contributed by atoms with Crippen molar-refractivity contribution in [2.45, 2.75) is 25.7 Å². The van der Waals surface area contributed by atoms with Crippen LogP contribution in [0.2, 0.25) is 20.1 Å². The molecule has 0 bridgehead atoms. The van der Waals surface area contributed by atoms with E-state index in [0.29, 0.717) is 44.4 Å². The molecule has 0 spiro atoms. The Hall–Kier alpha value is -3.17. The summed E-state index contributed by atoms with van der Waals surface area (Å²) < 4.78 is 11.1. The number of nitrogens with one attached hydrogen (secondary N) is 2. The molecule has 3 rings (SSSR count). The number of hydrogen-bond acceptors (Lipinski definition) is 5. The predicted molar refractivity (Wildman–Crippen MR) is 153 cm³/mol. The summed E-state index contributed by atoms with van der Waals surface area (Å²) in [6, 6.07) is 13.8. The highest BCUT2D eigenvalue weighted by Crippen LogP contribution is 2.28. The summed E-state index contributed by atoms with van der Waals surface area (Å²) in [6.45, 7) is 0.471. The van der Waals surface area contributed by atoms with Crippen LogP contribution in [0.15, 0.2) is 54.6 Å². The summed E-state index contributed by atoms with van der Waals surface area (Å²) in [5.74, 6) is -0.993. The maximum atomic E-state index is 12.4. The molecule has 0 radical (unpaired) electrons. The molecule has 0 saturated carbocycles. The Morgan fingerprint density at radius 3 is 1.49 bits per heavy atom. The Balaban J connectivity index is 1.48. The third kappa shape index (κ3) is 10.1. The maximum absolute atomic E-state index is 12.4. The lowest BCUT2D eigenvalue weighted by Crippen LogP contribution is -2.16. The molecule has 39 heavy (non-hydrogen) atoms. The molecule has 12 heteroatoms. The standard InChI is InChI=1S/C27H24Cl4N2O6/c28-17-5-7-23(21(30)13-17)38-9-1-3-25(34)32-19-11-16(27(36)37)12-20(15-19)33-26(35)4-2-10-39-24-8-6-18(29)14-22(24)31/h5-8,11-15H,1-4,9-10H2,(H,32,34)(H,33,35)(H,36,37). The van der Waals surface area contributed by atoms with E-state index < -0.39 is 5.97 Å². The van der Waals surface area contributed by atoms with Crippen molar-refractivity contribution in [2.75, 3.05) is 23.8 Å². The lowest BCUT2D eigenvalue weighted by molar-refractivity contribution is -0.117. The largest absolute Gasteiger partial charge is 0.492 e. The summed E-state index contributed by atoms with van der Waals surface area (Å²) >= 11 is 23.8. The topological polar surface area (TPSA) is 114 Å². The van der Waals surface area contributed by atoms with E-state index >= 15 is 0 Å². The Labute approximate surface area is 245 Å². The van der Waals surface area contributed by atoms with Crippen molar-refractivity contribution in [2.24, 2.45) is 0 Å². The second kappa shape index (κ2) is 14.8. The molecule has 8 nitrogen and oxygen atoms in total. The van der Waals surface area contributed by atoms with Gasteiger partial charge in [-0.25, -0.2) is 4.79 Å². The third-order valence-electron chi connectivity index (χ3n) is 5.15. The van der Waals surface area contributed by atoms with Crippen LogP contribution in [0, 0.1) is 0 Å². The van der Waals surface area contributed by atoms with Crippen molar-refractivity contribution in [3.8, 4) is 11.5 Å². The van der Waals surface area contributed by atoms with Crippen LogP contribution < -0.4 is 20.1 Å². The predicted octanol–water partition coefficient (Wildman–Crippen LogP) is 7.59. The fourth-order valence-corrected chi connectivity index (χ4v) is 4.28. The van der Waals surface area contributed by atoms with Gasteiger partial charge in [0.1, 0.15) is 11.5 Å². The molecule has 0 unspecified atom stereocenters. The first kappa shape index (κ1) is 30.4. The van der Waals surface area contributed by atoms with Crippen molar-refractivity contribution >= 4 is 75.6 Å². The lowest BCUT2D eigenvalue weighted by Gasteiger charge is -2.12. The zero-order valence-corrected chi connectivity index (χ0v) is 23.5. The van der Waals surface area contributed by atoms with Crippen LogP contribution in [0.3, 0.4) is 0 Å². The second-order valence-corrected chi connectivity index (χ2v) is 9.94. The number of hydrogen-bond donors (Lipinski definition) is 3. The number of ether oxygens (including phenoxy) is 2. The number of rotatable bonds is 13. The first-order chi connectivity index (χ1) is 18.6. The zero-order chi connectivity index (χ0) is 28.4. The quantitative estimate of drug-likeness (QED) is 0.171. The van der Waals surface area contributed by atoms with Gasteiger partial charge in [-0.1, -0.05) is 46.4 Å². The van der Waals surface area contributed by atoms with E-state index in [2.05, 4.69) is 10.6 Å². The number of carboxylic acid groups (broad SMARTS) is 1. The summed E-state index contributed by atoms with van der Waals surface area (Å²) in [5.41, 5.74) is 0.375. The Morgan fingerprint density at radius 2 is 1.10 bits per heavy atom. The van der Waals surface area contributed by atoms with Gasteiger partial charge in [0.25, 0.3) is 0 Å². The molecule has 0 atom stereocenters.